The number of ketones is 2. The van der Waals surface area contributed by atoms with Crippen LogP contribution in [0.15, 0.2) is 134 Å². The van der Waals surface area contributed by atoms with Gasteiger partial charge in [0, 0.05) is 81.5 Å². The van der Waals surface area contributed by atoms with E-state index in [0.717, 1.165) is 94.3 Å². The summed E-state index contributed by atoms with van der Waals surface area (Å²) in [5, 5.41) is 14.6. The van der Waals surface area contributed by atoms with E-state index in [1.165, 1.54) is 38.3 Å². The Morgan fingerprint density at radius 1 is 0.610 bits per heavy atom. The molecule has 4 aliphatic heterocycles. The molecule has 8 aromatic rings. The van der Waals surface area contributed by atoms with Crippen LogP contribution in [0.2, 0.25) is 0 Å². The van der Waals surface area contributed by atoms with Crippen LogP contribution in [0, 0.1) is 24.7 Å². The Kier molecular flexibility index (Phi) is 15.7. The number of nitrogen functional groups attached to an aromatic ring is 2. The average molecular weight is 1070 g/mol. The van der Waals surface area contributed by atoms with Gasteiger partial charge in [-0.05, 0) is 191 Å². The van der Waals surface area contributed by atoms with Crippen molar-refractivity contribution in [2.24, 2.45) is 10.8 Å². The maximum absolute atomic E-state index is 12.8. The number of anilines is 2. The molecule has 4 aromatic heterocycles. The van der Waals surface area contributed by atoms with Crippen LogP contribution in [-0.4, -0.2) is 96.0 Å². The van der Waals surface area contributed by atoms with Crippen molar-refractivity contribution in [2.45, 2.75) is 39.5 Å². The number of pyridine rings is 2. The summed E-state index contributed by atoms with van der Waals surface area (Å²) < 4.78 is 12.8. The molecule has 4 fully saturated rings. The molecule has 0 radical (unpaired) electrons. The lowest BCUT2D eigenvalue weighted by molar-refractivity contribution is -0.176. The fourth-order valence-corrected chi connectivity index (χ4v) is 12.0. The minimum atomic E-state index is -0.930. The van der Waals surface area contributed by atoms with E-state index in [0.29, 0.717) is 42.7 Å². The number of allylic oxidation sites excluding steroid dienone is 2. The van der Waals surface area contributed by atoms with E-state index < -0.39 is 5.97 Å². The molecule has 77 heavy (non-hydrogen) atoms. The van der Waals surface area contributed by atoms with Crippen LogP contribution in [0.3, 0.4) is 0 Å². The minimum Gasteiger partial charge on any atom is -0.478 e. The maximum atomic E-state index is 12.8. The highest BCUT2D eigenvalue weighted by molar-refractivity contribution is 7.19. The third kappa shape index (κ3) is 12.6. The van der Waals surface area contributed by atoms with E-state index in [2.05, 4.69) is 65.5 Å². The molecule has 4 aliphatic rings. The van der Waals surface area contributed by atoms with Gasteiger partial charge in [-0.2, -0.15) is 0 Å². The van der Waals surface area contributed by atoms with Crippen LogP contribution in [0.5, 0.6) is 0 Å². The van der Waals surface area contributed by atoms with Gasteiger partial charge in [0.15, 0.2) is 11.6 Å². The van der Waals surface area contributed by atoms with Crippen LogP contribution < -0.4 is 16.8 Å². The maximum Gasteiger partial charge on any atom is 0.335 e. The molecular weight excluding hydrogens is 1000 g/mol. The number of ether oxygens (including phenoxy) is 2. The van der Waals surface area contributed by atoms with Gasteiger partial charge in [-0.1, -0.05) is 24.3 Å². The molecule has 0 atom stereocenters. The SMILES string of the molecule is C1NCC12COC2.Cc1cc(-c2ccc(C(=O)N3CC4(COC4)C3)cc2)cc2cc(CCC(=O)/C=C/c3ccc(N)nc3)sc12.Cc1cc(-c2ccc(C(=O)O)cc2)cc2cc(CCC(=O)/C=C/c3ccc(N)nc3)sc12. The van der Waals surface area contributed by atoms with Crippen molar-refractivity contribution in [1.82, 2.24) is 20.2 Å². The van der Waals surface area contributed by atoms with Gasteiger partial charge in [0.1, 0.15) is 11.6 Å². The molecule has 392 valence electrons. The lowest BCUT2D eigenvalue weighted by Crippen LogP contribution is -2.67. The zero-order valence-electron chi connectivity index (χ0n) is 43.1. The fraction of sp³-hybridized carbons (Fsp3) is 0.258. The summed E-state index contributed by atoms with van der Waals surface area (Å²) in [4.78, 5) is 60.9. The number of aryl methyl sites for hydroxylation is 4. The van der Waals surface area contributed by atoms with E-state index in [1.54, 1.807) is 83.6 Å². The number of thiophene rings is 2. The van der Waals surface area contributed by atoms with E-state index in [9.17, 15) is 19.2 Å². The summed E-state index contributed by atoms with van der Waals surface area (Å²) in [6, 6.07) is 34.9. The lowest BCUT2D eigenvalue weighted by atomic mass is 9.78. The van der Waals surface area contributed by atoms with Gasteiger partial charge in [-0.25, -0.2) is 14.8 Å². The van der Waals surface area contributed by atoms with Gasteiger partial charge in [0.25, 0.3) is 5.91 Å². The molecule has 6 N–H and O–H groups in total. The second-order valence-electron chi connectivity index (χ2n) is 20.7. The Hall–Kier alpha value is -7.66. The first-order valence-electron chi connectivity index (χ1n) is 25.7. The zero-order valence-corrected chi connectivity index (χ0v) is 44.7. The van der Waals surface area contributed by atoms with Crippen molar-refractivity contribution in [2.75, 3.05) is 64.1 Å². The highest BCUT2D eigenvalue weighted by atomic mass is 32.1. The summed E-state index contributed by atoms with van der Waals surface area (Å²) >= 11 is 3.47. The van der Waals surface area contributed by atoms with Crippen molar-refractivity contribution in [3.63, 3.8) is 0 Å². The van der Waals surface area contributed by atoms with Crippen LogP contribution in [-0.2, 0) is 31.9 Å². The van der Waals surface area contributed by atoms with Crippen LogP contribution >= 0.6 is 22.7 Å². The largest absolute Gasteiger partial charge is 0.478 e. The first kappa shape index (κ1) is 52.8. The number of carbonyl (C=O) groups excluding carboxylic acids is 3. The van der Waals surface area contributed by atoms with Crippen molar-refractivity contribution < 1.29 is 33.8 Å². The summed E-state index contributed by atoms with van der Waals surface area (Å²) in [5.74, 6) is 0.228. The summed E-state index contributed by atoms with van der Waals surface area (Å²) in [6.45, 7) is 11.7. The molecule has 13 nitrogen and oxygen atoms in total. The Labute approximate surface area is 455 Å². The van der Waals surface area contributed by atoms with Crippen molar-refractivity contribution in [3.8, 4) is 22.3 Å². The third-order valence-electron chi connectivity index (χ3n) is 14.4. The molecule has 0 saturated carbocycles. The molecule has 0 bridgehead atoms. The summed E-state index contributed by atoms with van der Waals surface area (Å²) in [7, 11) is 0. The second kappa shape index (κ2) is 22.9. The molecular formula is C62H60N6O7S2. The number of fused-ring (bicyclic) bond motifs is 2. The average Bonchev–Trinajstić information content (AvgIpc) is 4.05. The highest BCUT2D eigenvalue weighted by Crippen LogP contribution is 2.39. The number of aromatic nitrogens is 2. The molecule has 15 heteroatoms. The molecule has 2 spiro atoms. The van der Waals surface area contributed by atoms with Crippen molar-refractivity contribution >= 4 is 90.1 Å². The van der Waals surface area contributed by atoms with Crippen molar-refractivity contribution in [3.05, 3.63) is 177 Å². The van der Waals surface area contributed by atoms with E-state index in [-0.39, 0.29) is 28.5 Å². The highest BCUT2D eigenvalue weighted by Gasteiger charge is 2.50. The van der Waals surface area contributed by atoms with E-state index >= 15 is 0 Å². The molecule has 12 rings (SSSR count). The molecule has 8 heterocycles. The number of likely N-dealkylation sites (tertiary alicyclic amines) is 1. The lowest BCUT2D eigenvalue weighted by Gasteiger charge is -2.54. The number of hydrogen-bond donors (Lipinski definition) is 4. The van der Waals surface area contributed by atoms with Gasteiger partial charge in [-0.3, -0.25) is 14.4 Å². The predicted octanol–water partition coefficient (Wildman–Crippen LogP) is 10.9. The van der Waals surface area contributed by atoms with E-state index in [4.69, 9.17) is 26.0 Å². The predicted molar refractivity (Wildman–Crippen MR) is 308 cm³/mol. The summed E-state index contributed by atoms with van der Waals surface area (Å²) in [5.41, 5.74) is 21.3. The zero-order chi connectivity index (χ0) is 53.7. The Morgan fingerprint density at radius 2 is 1.06 bits per heavy atom. The van der Waals surface area contributed by atoms with Gasteiger partial charge in [-0.15, -0.1) is 22.7 Å². The number of carbonyl (C=O) groups is 4. The molecule has 1 amide bonds. The number of carboxylic acids is 1. The number of benzene rings is 4. The number of carboxylic acid groups (broad SMARTS) is 1. The number of nitrogens with two attached hydrogens (primary N) is 2. The minimum absolute atomic E-state index is 0.0650. The number of aromatic carboxylic acids is 1. The summed E-state index contributed by atoms with van der Waals surface area (Å²) in [6.07, 6.45) is 12.3. The van der Waals surface area contributed by atoms with E-state index in [1.807, 2.05) is 53.4 Å². The smallest absolute Gasteiger partial charge is 0.335 e. The van der Waals surface area contributed by atoms with Gasteiger partial charge < -0.3 is 36.3 Å². The number of rotatable bonds is 14. The second-order valence-corrected chi connectivity index (χ2v) is 23.0. The number of nitrogens with one attached hydrogen (secondary N) is 1. The molecule has 4 aromatic carbocycles. The molecule has 4 saturated heterocycles. The standard InChI is InChI=1S/C31H29N3O3S.C26H22N2O3S.C5H9NO/c1-20-12-24(22-4-6-23(7-5-22)30(36)34-16-31(17-34)18-37-19-31)13-25-14-27(38-29(20)25)10-9-26(35)8-2-21-3-11-28(32)33-15-21;1-16-12-20(18-4-6-19(7-5-18)26(30)31)13-21-14-23(32-25(16)21)10-9-22(29)8-2-17-3-11-24(27)28-15-17;1-5(2-6-1)3-7-4-5/h2-8,11-15H,9-10,16-19H2,1H3,(H2,32,33);2-8,11-15H,9-10H2,1H3,(H2,27,28)(H,30,31);6H,1-4H2/b2*8-2+;. The van der Waals surface area contributed by atoms with Crippen molar-refractivity contribution in [1.29, 1.82) is 0 Å². The Balaban J connectivity index is 0.000000156. The quantitative estimate of drug-likeness (QED) is 0.0752. The first-order chi connectivity index (χ1) is 37.2. The number of hydrogen-bond acceptors (Lipinski definition) is 13. The number of nitrogens with zero attached hydrogens (tertiary/aromatic N) is 3. The Bertz CT molecular complexity index is 3510. The van der Waals surface area contributed by atoms with Gasteiger partial charge in [0.05, 0.1) is 37.4 Å². The normalized spacial score (nSPS) is 15.7. The monoisotopic (exact) mass is 1060 g/mol. The number of amides is 1. The topological polar surface area (TPSA) is 200 Å². The molecule has 0 aliphatic carbocycles. The van der Waals surface area contributed by atoms with Crippen LogP contribution in [0.4, 0.5) is 11.6 Å². The van der Waals surface area contributed by atoms with Gasteiger partial charge in [0.2, 0.25) is 0 Å². The third-order valence-corrected chi connectivity index (χ3v) is 17.1. The molecule has 0 unspecified atom stereocenters. The van der Waals surface area contributed by atoms with Gasteiger partial charge >= 0.3 is 5.97 Å². The fourth-order valence-electron chi connectivity index (χ4n) is 9.76. The first-order valence-corrected chi connectivity index (χ1v) is 27.3. The van der Waals surface area contributed by atoms with Crippen LogP contribution in [0.25, 0.3) is 54.6 Å². The Morgan fingerprint density at radius 3 is 1.43 bits per heavy atom. The van der Waals surface area contributed by atoms with Crippen LogP contribution in [0.1, 0.15) is 65.6 Å².